The fraction of sp³-hybridized carbons (Fsp3) is 0.273. The van der Waals surface area contributed by atoms with E-state index in [9.17, 15) is 0 Å². The summed E-state index contributed by atoms with van der Waals surface area (Å²) in [6.45, 7) is 3.44. The molecule has 2 N–H and O–H groups in total. The first-order valence-corrected chi connectivity index (χ1v) is 5.79. The van der Waals surface area contributed by atoms with Gasteiger partial charge in [0.1, 0.15) is 5.76 Å². The van der Waals surface area contributed by atoms with Crippen molar-refractivity contribution in [3.05, 3.63) is 36.4 Å². The average molecular weight is 250 g/mol. The maximum absolute atomic E-state index is 5.19. The van der Waals surface area contributed by atoms with Gasteiger partial charge < -0.3 is 15.1 Å². The average Bonchev–Trinajstić information content (AvgIpc) is 2.97. The summed E-state index contributed by atoms with van der Waals surface area (Å²) < 4.78 is 7.02. The molecule has 0 saturated heterocycles. The zero-order valence-electron chi connectivity index (χ0n) is 9.51. The lowest BCUT2D eigenvalue weighted by Gasteiger charge is -2.06. The maximum atomic E-state index is 5.19. The number of aryl methyl sites for hydroxylation is 1. The first-order chi connectivity index (χ1) is 8.28. The van der Waals surface area contributed by atoms with Crippen LogP contribution in [0.15, 0.2) is 35.1 Å². The van der Waals surface area contributed by atoms with E-state index in [1.165, 1.54) is 0 Å². The van der Waals surface area contributed by atoms with Gasteiger partial charge in [0.2, 0.25) is 0 Å². The molecule has 0 amide bonds. The number of rotatable bonds is 4. The van der Waals surface area contributed by atoms with Crippen LogP contribution in [0.1, 0.15) is 12.7 Å². The molecule has 5 nitrogen and oxygen atoms in total. The quantitative estimate of drug-likeness (QED) is 0.813. The summed E-state index contributed by atoms with van der Waals surface area (Å²) in [5.74, 6) is 1.58. The Morgan fingerprint density at radius 3 is 3.06 bits per heavy atom. The number of anilines is 1. The van der Waals surface area contributed by atoms with Crippen LogP contribution in [-0.4, -0.2) is 14.9 Å². The van der Waals surface area contributed by atoms with Crippen molar-refractivity contribution in [3.63, 3.8) is 0 Å². The molecule has 2 heterocycles. The van der Waals surface area contributed by atoms with Gasteiger partial charge in [-0.25, -0.2) is 0 Å². The van der Waals surface area contributed by atoms with Crippen LogP contribution >= 0.6 is 12.2 Å². The molecule has 90 valence electrons. The zero-order valence-corrected chi connectivity index (χ0v) is 10.3. The van der Waals surface area contributed by atoms with E-state index in [1.807, 2.05) is 36.0 Å². The van der Waals surface area contributed by atoms with Gasteiger partial charge in [-0.1, -0.05) is 0 Å². The fourth-order valence-electron chi connectivity index (χ4n) is 1.35. The molecule has 0 aliphatic rings. The predicted octanol–water partition coefficient (Wildman–Crippen LogP) is 1.98. The van der Waals surface area contributed by atoms with E-state index in [1.54, 1.807) is 6.26 Å². The normalized spacial score (nSPS) is 10.2. The molecule has 0 fully saturated rings. The van der Waals surface area contributed by atoms with E-state index in [0.717, 1.165) is 18.1 Å². The van der Waals surface area contributed by atoms with Crippen molar-refractivity contribution in [1.82, 2.24) is 15.1 Å². The highest BCUT2D eigenvalue weighted by Crippen LogP contribution is 2.03. The third kappa shape index (κ3) is 3.32. The summed E-state index contributed by atoms with van der Waals surface area (Å²) in [5.41, 5.74) is 0. The van der Waals surface area contributed by atoms with Crippen LogP contribution in [0.25, 0.3) is 0 Å². The number of thiocarbonyl (C=S) groups is 1. The number of aromatic nitrogens is 2. The van der Waals surface area contributed by atoms with E-state index in [-0.39, 0.29) is 0 Å². The molecule has 17 heavy (non-hydrogen) atoms. The van der Waals surface area contributed by atoms with Gasteiger partial charge in [0.15, 0.2) is 10.9 Å². The minimum Gasteiger partial charge on any atom is -0.467 e. The molecule has 0 aliphatic heterocycles. The molecule has 2 aromatic rings. The Labute approximate surface area is 105 Å². The van der Waals surface area contributed by atoms with Crippen LogP contribution in [-0.2, 0) is 13.1 Å². The number of nitrogens with zero attached hydrogens (tertiary/aromatic N) is 2. The summed E-state index contributed by atoms with van der Waals surface area (Å²) in [5, 5.41) is 10.8. The van der Waals surface area contributed by atoms with Crippen molar-refractivity contribution in [1.29, 1.82) is 0 Å². The van der Waals surface area contributed by atoms with Gasteiger partial charge in [-0.2, -0.15) is 5.10 Å². The van der Waals surface area contributed by atoms with E-state index in [4.69, 9.17) is 16.6 Å². The SMILES string of the molecule is CCn1ccc(NC(=S)NCc2ccco2)n1. The zero-order chi connectivity index (χ0) is 12.1. The van der Waals surface area contributed by atoms with Crippen LogP contribution in [0.3, 0.4) is 0 Å². The van der Waals surface area contributed by atoms with Crippen molar-refractivity contribution < 1.29 is 4.42 Å². The van der Waals surface area contributed by atoms with Crippen molar-refractivity contribution in [2.45, 2.75) is 20.0 Å². The second-order valence-corrected chi connectivity index (χ2v) is 3.85. The second kappa shape index (κ2) is 5.49. The van der Waals surface area contributed by atoms with Crippen molar-refractivity contribution in [3.8, 4) is 0 Å². The van der Waals surface area contributed by atoms with Gasteiger partial charge in [0, 0.05) is 18.8 Å². The largest absolute Gasteiger partial charge is 0.467 e. The molecule has 0 unspecified atom stereocenters. The number of furan rings is 1. The molecular weight excluding hydrogens is 236 g/mol. The van der Waals surface area contributed by atoms with E-state index < -0.39 is 0 Å². The summed E-state index contributed by atoms with van der Waals surface area (Å²) in [4.78, 5) is 0. The molecular formula is C11H14N4OS. The highest BCUT2D eigenvalue weighted by molar-refractivity contribution is 7.80. The van der Waals surface area contributed by atoms with Gasteiger partial charge in [0.05, 0.1) is 12.8 Å². The molecule has 0 saturated carbocycles. The predicted molar refractivity (Wildman–Crippen MR) is 69.7 cm³/mol. The molecule has 0 spiro atoms. The maximum Gasteiger partial charge on any atom is 0.172 e. The van der Waals surface area contributed by atoms with Crippen LogP contribution in [0.5, 0.6) is 0 Å². The highest BCUT2D eigenvalue weighted by Gasteiger charge is 2.01. The number of hydrogen-bond acceptors (Lipinski definition) is 3. The summed E-state index contributed by atoms with van der Waals surface area (Å²) in [6, 6.07) is 5.61. The third-order valence-electron chi connectivity index (χ3n) is 2.21. The van der Waals surface area contributed by atoms with Crippen LogP contribution in [0.2, 0.25) is 0 Å². The smallest absolute Gasteiger partial charge is 0.172 e. The van der Waals surface area contributed by atoms with Crippen molar-refractivity contribution in [2.24, 2.45) is 0 Å². The lowest BCUT2D eigenvalue weighted by Crippen LogP contribution is -2.27. The van der Waals surface area contributed by atoms with E-state index in [2.05, 4.69) is 15.7 Å². The lowest BCUT2D eigenvalue weighted by molar-refractivity contribution is 0.503. The number of nitrogens with one attached hydrogen (secondary N) is 2. The molecule has 0 atom stereocenters. The summed E-state index contributed by atoms with van der Waals surface area (Å²) in [6.07, 6.45) is 3.54. The molecule has 0 aliphatic carbocycles. The minimum atomic E-state index is 0.530. The Hall–Kier alpha value is -1.82. The van der Waals surface area contributed by atoms with Crippen LogP contribution in [0.4, 0.5) is 5.82 Å². The van der Waals surface area contributed by atoms with Gasteiger partial charge in [-0.05, 0) is 31.3 Å². The number of hydrogen-bond donors (Lipinski definition) is 2. The van der Waals surface area contributed by atoms with Gasteiger partial charge >= 0.3 is 0 Å². The van der Waals surface area contributed by atoms with E-state index >= 15 is 0 Å². The molecule has 0 aromatic carbocycles. The van der Waals surface area contributed by atoms with Gasteiger partial charge in [-0.3, -0.25) is 4.68 Å². The van der Waals surface area contributed by atoms with Crippen molar-refractivity contribution >= 4 is 23.1 Å². The van der Waals surface area contributed by atoms with Crippen molar-refractivity contribution in [2.75, 3.05) is 5.32 Å². The fourth-order valence-corrected chi connectivity index (χ4v) is 1.52. The molecule has 0 radical (unpaired) electrons. The molecule has 0 bridgehead atoms. The lowest BCUT2D eigenvalue weighted by atomic mass is 10.4. The third-order valence-corrected chi connectivity index (χ3v) is 2.46. The Morgan fingerprint density at radius 1 is 1.53 bits per heavy atom. The van der Waals surface area contributed by atoms with Crippen LogP contribution in [0, 0.1) is 0 Å². The Kier molecular flexibility index (Phi) is 3.77. The van der Waals surface area contributed by atoms with Gasteiger partial charge in [-0.15, -0.1) is 0 Å². The second-order valence-electron chi connectivity index (χ2n) is 3.44. The first kappa shape index (κ1) is 11.7. The Morgan fingerprint density at radius 2 is 2.41 bits per heavy atom. The van der Waals surface area contributed by atoms with Gasteiger partial charge in [0.25, 0.3) is 0 Å². The topological polar surface area (TPSA) is 55.0 Å². The standard InChI is InChI=1S/C11H14N4OS/c1-2-15-6-5-10(14-15)13-11(17)12-8-9-4-3-7-16-9/h3-7H,2,8H2,1H3,(H2,12,13,14,17). The van der Waals surface area contributed by atoms with E-state index in [0.29, 0.717) is 11.7 Å². The molecule has 2 aromatic heterocycles. The Balaban J connectivity index is 1.81. The summed E-state index contributed by atoms with van der Waals surface area (Å²) in [7, 11) is 0. The minimum absolute atomic E-state index is 0.530. The Bertz CT molecular complexity index is 477. The highest BCUT2D eigenvalue weighted by atomic mass is 32.1. The summed E-state index contributed by atoms with van der Waals surface area (Å²) >= 11 is 5.14. The van der Waals surface area contributed by atoms with Crippen LogP contribution < -0.4 is 10.6 Å². The molecule has 6 heteroatoms. The first-order valence-electron chi connectivity index (χ1n) is 5.38. The monoisotopic (exact) mass is 250 g/mol. The molecule has 2 rings (SSSR count).